The second kappa shape index (κ2) is 10.3. The first kappa shape index (κ1) is 25.0. The van der Waals surface area contributed by atoms with Gasteiger partial charge in [0, 0.05) is 12.6 Å². The molecule has 0 spiro atoms. The predicted octanol–water partition coefficient (Wildman–Crippen LogP) is 5.12. The molecule has 0 saturated heterocycles. The van der Waals surface area contributed by atoms with E-state index in [0.717, 1.165) is 22.3 Å². The minimum Gasteiger partial charge on any atom is -0.369 e. The lowest BCUT2D eigenvalue weighted by molar-refractivity contribution is -0.130. The fourth-order valence-corrected chi connectivity index (χ4v) is 4.95. The van der Waals surface area contributed by atoms with Crippen LogP contribution in [0, 0.1) is 0 Å². The van der Waals surface area contributed by atoms with Crippen LogP contribution < -0.4 is 5.73 Å². The van der Waals surface area contributed by atoms with Crippen LogP contribution in [0.15, 0.2) is 120 Å². The van der Waals surface area contributed by atoms with Crippen molar-refractivity contribution in [1.82, 2.24) is 9.80 Å². The van der Waals surface area contributed by atoms with E-state index in [0.29, 0.717) is 5.56 Å². The minimum absolute atomic E-state index is 0.0901. The first-order chi connectivity index (χ1) is 18.4. The third-order valence-corrected chi connectivity index (χ3v) is 7.19. The summed E-state index contributed by atoms with van der Waals surface area (Å²) in [6.07, 6.45) is 0. The molecule has 0 saturated carbocycles. The summed E-state index contributed by atoms with van der Waals surface area (Å²) in [7, 11) is 1.80. The lowest BCUT2D eigenvalue weighted by Crippen LogP contribution is -2.43. The van der Waals surface area contributed by atoms with Gasteiger partial charge >= 0.3 is 0 Å². The van der Waals surface area contributed by atoms with Gasteiger partial charge in [-0.15, -0.1) is 0 Å². The molecule has 6 nitrogen and oxygen atoms in total. The zero-order valence-electron chi connectivity index (χ0n) is 21.5. The Kier molecular flexibility index (Phi) is 6.79. The number of hydrogen-bond donors (Lipinski definition) is 1. The topological polar surface area (TPSA) is 79.0 Å². The van der Waals surface area contributed by atoms with Gasteiger partial charge in [0.15, 0.2) is 11.5 Å². The van der Waals surface area contributed by atoms with E-state index in [1.165, 1.54) is 4.90 Å². The van der Waals surface area contributed by atoms with Crippen molar-refractivity contribution in [2.24, 2.45) is 10.7 Å². The van der Waals surface area contributed by atoms with Gasteiger partial charge in [-0.3, -0.25) is 14.5 Å². The van der Waals surface area contributed by atoms with Crippen LogP contribution in [0.3, 0.4) is 0 Å². The summed E-state index contributed by atoms with van der Waals surface area (Å²) in [5, 5.41) is 0. The highest BCUT2D eigenvalue weighted by atomic mass is 16.2. The summed E-state index contributed by atoms with van der Waals surface area (Å²) in [5.74, 6) is -0.172. The maximum absolute atomic E-state index is 14.1. The van der Waals surface area contributed by atoms with Crippen LogP contribution in [0.5, 0.6) is 0 Å². The van der Waals surface area contributed by atoms with Gasteiger partial charge in [-0.05, 0) is 41.3 Å². The molecule has 2 N–H and O–H groups in total. The molecule has 0 fully saturated rings. The van der Waals surface area contributed by atoms with Crippen LogP contribution >= 0.6 is 0 Å². The van der Waals surface area contributed by atoms with Gasteiger partial charge < -0.3 is 10.6 Å². The lowest BCUT2D eigenvalue weighted by Gasteiger charge is -2.27. The third-order valence-electron chi connectivity index (χ3n) is 7.19. The molecule has 1 heterocycles. The quantitative estimate of drug-likeness (QED) is 0.381. The normalized spacial score (nSPS) is 15.2. The smallest absolute Gasteiger partial charge is 0.266 e. The van der Waals surface area contributed by atoms with Crippen molar-refractivity contribution in [3.05, 3.63) is 143 Å². The third kappa shape index (κ3) is 4.45. The van der Waals surface area contributed by atoms with E-state index in [2.05, 4.69) is 0 Å². The Bertz CT molecular complexity index is 1430. The average Bonchev–Trinajstić information content (AvgIpc) is 3.23. The molecule has 0 aliphatic carbocycles. The van der Waals surface area contributed by atoms with Crippen LogP contribution in [-0.4, -0.2) is 34.6 Å². The molecule has 1 aliphatic rings. The molecule has 4 aromatic carbocycles. The number of amides is 2. The van der Waals surface area contributed by atoms with Gasteiger partial charge in [-0.25, -0.2) is 4.99 Å². The summed E-state index contributed by atoms with van der Waals surface area (Å²) in [6.45, 7) is 2.21. The molecule has 0 bridgehead atoms. The molecule has 2 amide bonds. The Morgan fingerprint density at radius 3 is 2.00 bits per heavy atom. The van der Waals surface area contributed by atoms with E-state index in [4.69, 9.17) is 10.7 Å². The number of nitrogens with zero attached hydrogens (tertiary/aromatic N) is 3. The van der Waals surface area contributed by atoms with Crippen LogP contribution in [0.25, 0.3) is 0 Å². The van der Waals surface area contributed by atoms with E-state index in [9.17, 15) is 9.59 Å². The van der Waals surface area contributed by atoms with E-state index in [1.807, 2.05) is 116 Å². The van der Waals surface area contributed by atoms with Crippen molar-refractivity contribution in [2.75, 3.05) is 7.05 Å². The van der Waals surface area contributed by atoms with Gasteiger partial charge in [0.1, 0.15) is 0 Å². The molecule has 6 heteroatoms. The second-order valence-electron chi connectivity index (χ2n) is 9.51. The molecule has 190 valence electrons. The van der Waals surface area contributed by atoms with Crippen LogP contribution in [0.2, 0.25) is 0 Å². The highest BCUT2D eigenvalue weighted by Crippen LogP contribution is 2.40. The molecule has 1 atom stereocenters. The molecule has 0 unspecified atom stereocenters. The molecule has 0 aromatic heterocycles. The molecule has 0 radical (unpaired) electrons. The van der Waals surface area contributed by atoms with Crippen molar-refractivity contribution in [2.45, 2.75) is 25.0 Å². The average molecular weight is 503 g/mol. The Labute approximate surface area is 223 Å². The van der Waals surface area contributed by atoms with E-state index >= 15 is 0 Å². The van der Waals surface area contributed by atoms with E-state index < -0.39 is 5.54 Å². The van der Waals surface area contributed by atoms with Crippen molar-refractivity contribution in [3.8, 4) is 0 Å². The number of benzene rings is 4. The summed E-state index contributed by atoms with van der Waals surface area (Å²) >= 11 is 0. The summed E-state index contributed by atoms with van der Waals surface area (Å²) < 4.78 is 0. The van der Waals surface area contributed by atoms with Gasteiger partial charge in [-0.2, -0.15) is 0 Å². The SMILES string of the molecule is C[C@H](c1ccccc1)N(C)C(=O)c1cccc(CN2C(=O)C(c3ccccc3)(c3ccccc3)N=C2N)c1. The standard InChI is InChI=1S/C32H30N4O2/c1-23(25-14-6-3-7-15-25)35(2)29(37)26-16-12-13-24(21-26)22-36-30(38)32(34-31(36)33,27-17-8-4-9-18-27)28-19-10-5-11-20-28/h3-21,23H,22H2,1-2H3,(H2,33,34)/t23-/m1/s1. The Morgan fingerprint density at radius 1 is 0.868 bits per heavy atom. The second-order valence-corrected chi connectivity index (χ2v) is 9.51. The summed E-state index contributed by atoms with van der Waals surface area (Å²) in [4.78, 5) is 35.4. The zero-order valence-corrected chi connectivity index (χ0v) is 21.5. The molecular formula is C32H30N4O2. The number of carbonyl (C=O) groups excluding carboxylic acids is 2. The Balaban J connectivity index is 1.42. The fourth-order valence-electron chi connectivity index (χ4n) is 4.95. The van der Waals surface area contributed by atoms with Gasteiger partial charge in [-0.1, -0.05) is 103 Å². The van der Waals surface area contributed by atoms with Crippen LogP contribution in [0.4, 0.5) is 0 Å². The number of carbonyl (C=O) groups is 2. The molecule has 4 aromatic rings. The molecule has 1 aliphatic heterocycles. The Hall–Kier alpha value is -4.71. The lowest BCUT2D eigenvalue weighted by atomic mass is 9.83. The zero-order chi connectivity index (χ0) is 26.7. The van der Waals surface area contributed by atoms with Crippen LogP contribution in [0.1, 0.15) is 45.6 Å². The largest absolute Gasteiger partial charge is 0.369 e. The molecule has 38 heavy (non-hydrogen) atoms. The predicted molar refractivity (Wildman–Crippen MR) is 149 cm³/mol. The van der Waals surface area contributed by atoms with Gasteiger partial charge in [0.25, 0.3) is 11.8 Å². The fraction of sp³-hybridized carbons (Fsp3) is 0.156. The van der Waals surface area contributed by atoms with Gasteiger partial charge in [0.05, 0.1) is 12.6 Å². The van der Waals surface area contributed by atoms with Crippen molar-refractivity contribution in [1.29, 1.82) is 0 Å². The van der Waals surface area contributed by atoms with Crippen LogP contribution in [-0.2, 0) is 16.9 Å². The summed E-state index contributed by atoms with van der Waals surface area (Å²) in [5.41, 5.74) is 9.04. The first-order valence-electron chi connectivity index (χ1n) is 12.6. The van der Waals surface area contributed by atoms with E-state index in [1.54, 1.807) is 18.0 Å². The molecule has 5 rings (SSSR count). The maximum atomic E-state index is 14.1. The molecular weight excluding hydrogens is 472 g/mol. The minimum atomic E-state index is -1.26. The maximum Gasteiger partial charge on any atom is 0.266 e. The number of guanidine groups is 1. The van der Waals surface area contributed by atoms with Crippen molar-refractivity contribution >= 4 is 17.8 Å². The van der Waals surface area contributed by atoms with Crippen molar-refractivity contribution < 1.29 is 9.59 Å². The number of rotatable bonds is 7. The van der Waals surface area contributed by atoms with Crippen molar-refractivity contribution in [3.63, 3.8) is 0 Å². The summed E-state index contributed by atoms with van der Waals surface area (Å²) in [6, 6.07) is 36.1. The van der Waals surface area contributed by atoms with E-state index in [-0.39, 0.29) is 30.4 Å². The Morgan fingerprint density at radius 2 is 1.42 bits per heavy atom. The number of aliphatic imine (C=N–C) groups is 1. The highest BCUT2D eigenvalue weighted by molar-refractivity contribution is 6.09. The highest BCUT2D eigenvalue weighted by Gasteiger charge is 2.50. The number of nitrogens with two attached hydrogens (primary N) is 1. The van der Waals surface area contributed by atoms with Gasteiger partial charge in [0.2, 0.25) is 0 Å². The first-order valence-corrected chi connectivity index (χ1v) is 12.6. The number of hydrogen-bond acceptors (Lipinski definition) is 4. The monoisotopic (exact) mass is 502 g/mol.